The predicted octanol–water partition coefficient (Wildman–Crippen LogP) is 3.51. The molecule has 1 amide bonds. The van der Waals surface area contributed by atoms with Crippen molar-refractivity contribution < 1.29 is 9.53 Å². The van der Waals surface area contributed by atoms with Crippen molar-refractivity contribution in [3.8, 4) is 5.75 Å². The second-order valence-corrected chi connectivity index (χ2v) is 6.12. The van der Waals surface area contributed by atoms with E-state index in [-0.39, 0.29) is 5.91 Å². The Bertz CT molecular complexity index is 927. The Kier molecular flexibility index (Phi) is 5.99. The first-order chi connectivity index (χ1) is 13.1. The van der Waals surface area contributed by atoms with Crippen molar-refractivity contribution in [3.63, 3.8) is 0 Å². The fourth-order valence-electron chi connectivity index (χ4n) is 2.64. The van der Waals surface area contributed by atoms with E-state index in [2.05, 4.69) is 20.6 Å². The van der Waals surface area contributed by atoms with Gasteiger partial charge in [-0.1, -0.05) is 24.3 Å². The van der Waals surface area contributed by atoms with Gasteiger partial charge in [0.15, 0.2) is 0 Å². The monoisotopic (exact) mass is 362 g/mol. The van der Waals surface area contributed by atoms with E-state index in [0.29, 0.717) is 24.6 Å². The number of hydrogen-bond donors (Lipinski definition) is 2. The number of aryl methyl sites for hydroxylation is 1. The number of ether oxygens (including phenoxy) is 1. The molecule has 0 unspecified atom stereocenters. The van der Waals surface area contributed by atoms with Gasteiger partial charge in [-0.05, 0) is 54.8 Å². The van der Waals surface area contributed by atoms with Crippen LogP contribution in [-0.2, 0) is 6.42 Å². The number of amides is 1. The van der Waals surface area contributed by atoms with E-state index in [9.17, 15) is 4.79 Å². The maximum Gasteiger partial charge on any atom is 0.270 e. The summed E-state index contributed by atoms with van der Waals surface area (Å²) < 4.78 is 5.21. The number of nitrogens with zero attached hydrogens (tertiary/aromatic N) is 2. The highest BCUT2D eigenvalue weighted by Crippen LogP contribution is 2.15. The fourth-order valence-corrected chi connectivity index (χ4v) is 2.64. The van der Waals surface area contributed by atoms with Gasteiger partial charge in [-0.2, -0.15) is 0 Å². The molecule has 0 aliphatic rings. The molecule has 27 heavy (non-hydrogen) atoms. The molecule has 0 bridgehead atoms. The molecule has 0 atom stereocenters. The van der Waals surface area contributed by atoms with E-state index in [1.807, 2.05) is 55.5 Å². The summed E-state index contributed by atoms with van der Waals surface area (Å²) in [4.78, 5) is 20.8. The molecular weight excluding hydrogens is 340 g/mol. The van der Waals surface area contributed by atoms with Gasteiger partial charge in [0, 0.05) is 18.4 Å². The maximum atomic E-state index is 12.4. The fraction of sp³-hybridized carbons (Fsp3) is 0.190. The van der Waals surface area contributed by atoms with Gasteiger partial charge in [0.25, 0.3) is 5.91 Å². The summed E-state index contributed by atoms with van der Waals surface area (Å²) in [6.45, 7) is 2.52. The Balaban J connectivity index is 1.58. The zero-order chi connectivity index (χ0) is 19.1. The van der Waals surface area contributed by atoms with E-state index in [4.69, 9.17) is 4.74 Å². The minimum atomic E-state index is -0.229. The molecule has 1 aromatic heterocycles. The summed E-state index contributed by atoms with van der Waals surface area (Å²) in [6.07, 6.45) is 2.28. The zero-order valence-electron chi connectivity index (χ0n) is 15.4. The number of methoxy groups -OCH3 is 1. The third kappa shape index (κ3) is 5.28. The Labute approximate surface area is 158 Å². The van der Waals surface area contributed by atoms with Crippen LogP contribution in [0.25, 0.3) is 0 Å². The molecule has 0 fully saturated rings. The highest BCUT2D eigenvalue weighted by molar-refractivity contribution is 5.92. The average molecular weight is 362 g/mol. The molecule has 2 aromatic carbocycles. The molecule has 3 aromatic rings. The lowest BCUT2D eigenvalue weighted by Gasteiger charge is -2.08. The summed E-state index contributed by atoms with van der Waals surface area (Å²) in [5.41, 5.74) is 3.43. The Morgan fingerprint density at radius 2 is 1.96 bits per heavy atom. The zero-order valence-corrected chi connectivity index (χ0v) is 15.4. The van der Waals surface area contributed by atoms with E-state index in [1.54, 1.807) is 19.4 Å². The molecule has 0 aliphatic heterocycles. The number of aromatic nitrogens is 2. The van der Waals surface area contributed by atoms with E-state index in [0.717, 1.165) is 22.6 Å². The summed E-state index contributed by atoms with van der Waals surface area (Å²) in [5.74, 6) is 0.968. The molecule has 0 spiro atoms. The largest absolute Gasteiger partial charge is 0.497 e. The molecule has 138 valence electrons. The summed E-state index contributed by atoms with van der Waals surface area (Å²) in [6, 6.07) is 17.3. The molecule has 2 N–H and O–H groups in total. The molecule has 3 rings (SSSR count). The van der Waals surface area contributed by atoms with Gasteiger partial charge in [-0.25, -0.2) is 9.97 Å². The highest BCUT2D eigenvalue weighted by atomic mass is 16.5. The molecular formula is C21H22N4O2. The van der Waals surface area contributed by atoms with Crippen LogP contribution in [0.3, 0.4) is 0 Å². The number of benzene rings is 2. The predicted molar refractivity (Wildman–Crippen MR) is 106 cm³/mol. The number of nitrogens with one attached hydrogen (secondary N) is 2. The van der Waals surface area contributed by atoms with Gasteiger partial charge in [0.05, 0.1) is 7.11 Å². The van der Waals surface area contributed by atoms with Gasteiger partial charge >= 0.3 is 0 Å². The number of carbonyl (C=O) groups is 1. The number of hydrogen-bond acceptors (Lipinski definition) is 5. The van der Waals surface area contributed by atoms with Crippen LogP contribution in [0, 0.1) is 6.92 Å². The molecule has 6 heteroatoms. The first-order valence-electron chi connectivity index (χ1n) is 8.72. The van der Waals surface area contributed by atoms with Crippen molar-refractivity contribution in [1.82, 2.24) is 15.3 Å². The van der Waals surface area contributed by atoms with Crippen LogP contribution in [0.15, 0.2) is 60.8 Å². The standard InChI is InChI=1S/C21H22N4O2/c1-15-5-3-7-17(13-15)24-21-23-12-10-19(25-21)20(26)22-11-9-16-6-4-8-18(14-16)27-2/h3-8,10,12-14H,9,11H2,1-2H3,(H,22,26)(H,23,24,25). The average Bonchev–Trinajstić information content (AvgIpc) is 2.68. The van der Waals surface area contributed by atoms with Crippen molar-refractivity contribution in [2.45, 2.75) is 13.3 Å². The molecule has 1 heterocycles. The van der Waals surface area contributed by atoms with Crippen molar-refractivity contribution in [2.24, 2.45) is 0 Å². The van der Waals surface area contributed by atoms with E-state index in [1.165, 1.54) is 0 Å². The third-order valence-electron chi connectivity index (χ3n) is 4.00. The van der Waals surface area contributed by atoms with Gasteiger partial charge in [-0.15, -0.1) is 0 Å². The van der Waals surface area contributed by atoms with E-state index < -0.39 is 0 Å². The smallest absolute Gasteiger partial charge is 0.270 e. The first-order valence-corrected chi connectivity index (χ1v) is 8.72. The quantitative estimate of drug-likeness (QED) is 0.673. The minimum Gasteiger partial charge on any atom is -0.497 e. The number of carbonyl (C=O) groups excluding carboxylic acids is 1. The molecule has 0 aliphatic carbocycles. The summed E-state index contributed by atoms with van der Waals surface area (Å²) in [7, 11) is 1.64. The van der Waals surface area contributed by atoms with Crippen LogP contribution >= 0.6 is 0 Å². The van der Waals surface area contributed by atoms with Crippen LogP contribution < -0.4 is 15.4 Å². The van der Waals surface area contributed by atoms with Crippen LogP contribution in [-0.4, -0.2) is 29.5 Å². The minimum absolute atomic E-state index is 0.229. The van der Waals surface area contributed by atoms with E-state index >= 15 is 0 Å². The number of anilines is 2. The Hall–Kier alpha value is -3.41. The van der Waals surface area contributed by atoms with Crippen LogP contribution in [0.2, 0.25) is 0 Å². The lowest BCUT2D eigenvalue weighted by molar-refractivity contribution is 0.0949. The van der Waals surface area contributed by atoms with Crippen LogP contribution in [0.5, 0.6) is 5.75 Å². The van der Waals surface area contributed by atoms with Crippen molar-refractivity contribution in [2.75, 3.05) is 19.0 Å². The van der Waals surface area contributed by atoms with Crippen molar-refractivity contribution in [1.29, 1.82) is 0 Å². The van der Waals surface area contributed by atoms with Gasteiger partial charge in [0.1, 0.15) is 11.4 Å². The highest BCUT2D eigenvalue weighted by Gasteiger charge is 2.09. The molecule has 6 nitrogen and oxygen atoms in total. The summed E-state index contributed by atoms with van der Waals surface area (Å²) >= 11 is 0. The summed E-state index contributed by atoms with van der Waals surface area (Å²) in [5, 5.41) is 6.01. The lowest BCUT2D eigenvalue weighted by atomic mass is 10.1. The Morgan fingerprint density at radius 1 is 1.11 bits per heavy atom. The lowest BCUT2D eigenvalue weighted by Crippen LogP contribution is -2.26. The molecule has 0 saturated carbocycles. The SMILES string of the molecule is COc1cccc(CCNC(=O)c2ccnc(Nc3cccc(C)c3)n2)c1. The van der Waals surface area contributed by atoms with Crippen LogP contribution in [0.1, 0.15) is 21.6 Å². The normalized spacial score (nSPS) is 10.3. The van der Waals surface area contributed by atoms with Crippen molar-refractivity contribution >= 4 is 17.5 Å². The first kappa shape index (κ1) is 18.4. The van der Waals surface area contributed by atoms with Gasteiger partial charge in [0.2, 0.25) is 5.95 Å². The third-order valence-corrected chi connectivity index (χ3v) is 4.00. The molecule has 0 saturated heterocycles. The maximum absolute atomic E-state index is 12.4. The molecule has 0 radical (unpaired) electrons. The topological polar surface area (TPSA) is 76.1 Å². The Morgan fingerprint density at radius 3 is 2.78 bits per heavy atom. The van der Waals surface area contributed by atoms with Crippen LogP contribution in [0.4, 0.5) is 11.6 Å². The van der Waals surface area contributed by atoms with Gasteiger partial charge in [-0.3, -0.25) is 4.79 Å². The van der Waals surface area contributed by atoms with Gasteiger partial charge < -0.3 is 15.4 Å². The number of rotatable bonds is 7. The van der Waals surface area contributed by atoms with Crippen molar-refractivity contribution in [3.05, 3.63) is 77.6 Å². The second-order valence-electron chi connectivity index (χ2n) is 6.12. The second kappa shape index (κ2) is 8.80.